The second kappa shape index (κ2) is 8.79. The van der Waals surface area contributed by atoms with Gasteiger partial charge in [0.2, 0.25) is 0 Å². The number of thiophene rings is 1. The molecule has 28 heavy (non-hydrogen) atoms. The minimum absolute atomic E-state index is 0.235. The van der Waals surface area contributed by atoms with E-state index in [4.69, 9.17) is 10.5 Å². The van der Waals surface area contributed by atoms with Crippen molar-refractivity contribution in [2.24, 2.45) is 5.73 Å². The van der Waals surface area contributed by atoms with Crippen molar-refractivity contribution in [3.8, 4) is 0 Å². The molecule has 146 valence electrons. The van der Waals surface area contributed by atoms with E-state index in [2.05, 4.69) is 5.32 Å². The lowest BCUT2D eigenvalue weighted by Gasteiger charge is -2.11. The van der Waals surface area contributed by atoms with Crippen molar-refractivity contribution >= 4 is 40.2 Å². The van der Waals surface area contributed by atoms with Crippen molar-refractivity contribution in [1.82, 2.24) is 0 Å². The molecule has 1 aromatic heterocycles. The fourth-order valence-corrected chi connectivity index (χ4v) is 4.34. The number of carbonyl (C=O) groups excluding carboxylic acids is 3. The summed E-state index contributed by atoms with van der Waals surface area (Å²) in [7, 11) is 0. The highest BCUT2D eigenvalue weighted by atomic mass is 32.1. The molecule has 0 fully saturated rings. The number of esters is 1. The standard InChI is InChI=1S/C20H19FN2O4S/c21-14-7-3-1-5-12(14)9-10-17(25)27-11-16(24)23-20-18(19(22)26)13-6-2-4-8-15(13)28-20/h1,3,5,7,9-10H,2,4,6,8,11H2,(H2,22,26)(H,23,24)/b10-9+. The molecule has 1 aromatic carbocycles. The Morgan fingerprint density at radius 2 is 1.96 bits per heavy atom. The zero-order valence-corrected chi connectivity index (χ0v) is 15.8. The predicted molar refractivity (Wildman–Crippen MR) is 105 cm³/mol. The molecule has 1 aliphatic carbocycles. The van der Waals surface area contributed by atoms with Crippen LogP contribution >= 0.6 is 11.3 Å². The van der Waals surface area contributed by atoms with Gasteiger partial charge in [0.25, 0.3) is 11.8 Å². The summed E-state index contributed by atoms with van der Waals surface area (Å²) in [5.74, 6) is -2.41. The lowest BCUT2D eigenvalue weighted by atomic mass is 9.95. The molecule has 1 heterocycles. The molecule has 0 saturated heterocycles. The quantitative estimate of drug-likeness (QED) is 0.573. The molecule has 8 heteroatoms. The average molecular weight is 402 g/mol. The van der Waals surface area contributed by atoms with Crippen LogP contribution in [0.25, 0.3) is 6.08 Å². The highest BCUT2D eigenvalue weighted by Crippen LogP contribution is 2.37. The van der Waals surface area contributed by atoms with E-state index in [0.29, 0.717) is 10.6 Å². The molecule has 1 aliphatic rings. The van der Waals surface area contributed by atoms with Crippen LogP contribution in [0.1, 0.15) is 39.2 Å². The van der Waals surface area contributed by atoms with Gasteiger partial charge >= 0.3 is 5.97 Å². The van der Waals surface area contributed by atoms with Gasteiger partial charge in [-0.15, -0.1) is 11.3 Å². The number of hydrogen-bond acceptors (Lipinski definition) is 5. The van der Waals surface area contributed by atoms with Crippen LogP contribution in [0.3, 0.4) is 0 Å². The van der Waals surface area contributed by atoms with E-state index in [1.54, 1.807) is 6.07 Å². The Balaban J connectivity index is 1.59. The number of amides is 2. The SMILES string of the molecule is NC(=O)c1c(NC(=O)COC(=O)/C=C/c2ccccc2F)sc2c1CCCC2. The first-order chi connectivity index (χ1) is 13.5. The number of primary amides is 1. The highest BCUT2D eigenvalue weighted by Gasteiger charge is 2.25. The molecule has 0 aliphatic heterocycles. The van der Waals surface area contributed by atoms with Crippen LogP contribution in [0, 0.1) is 5.82 Å². The first-order valence-electron chi connectivity index (χ1n) is 8.79. The van der Waals surface area contributed by atoms with Gasteiger partial charge in [-0.1, -0.05) is 18.2 Å². The minimum atomic E-state index is -0.779. The number of benzene rings is 1. The molecule has 0 saturated carbocycles. The normalized spacial score (nSPS) is 13.2. The van der Waals surface area contributed by atoms with Crippen molar-refractivity contribution in [1.29, 1.82) is 0 Å². The lowest BCUT2D eigenvalue weighted by molar-refractivity contribution is -0.142. The zero-order valence-electron chi connectivity index (χ0n) is 15.0. The summed E-state index contributed by atoms with van der Waals surface area (Å²) in [4.78, 5) is 36.7. The van der Waals surface area contributed by atoms with Crippen LogP contribution in [0.5, 0.6) is 0 Å². The predicted octanol–water partition coefficient (Wildman–Crippen LogP) is 3.06. The van der Waals surface area contributed by atoms with Crippen molar-refractivity contribution in [2.75, 3.05) is 11.9 Å². The molecule has 0 unspecified atom stereocenters. The number of aryl methyl sites for hydroxylation is 1. The van der Waals surface area contributed by atoms with Crippen LogP contribution < -0.4 is 11.1 Å². The maximum absolute atomic E-state index is 13.5. The van der Waals surface area contributed by atoms with E-state index in [1.165, 1.54) is 35.6 Å². The molecule has 3 N–H and O–H groups in total. The summed E-state index contributed by atoms with van der Waals surface area (Å²) in [6.07, 6.45) is 5.94. The number of rotatable bonds is 6. The summed E-state index contributed by atoms with van der Waals surface area (Å²) in [5, 5.41) is 3.00. The van der Waals surface area contributed by atoms with Crippen molar-refractivity contribution < 1.29 is 23.5 Å². The average Bonchev–Trinajstić information content (AvgIpc) is 3.03. The molecule has 0 bridgehead atoms. The van der Waals surface area contributed by atoms with Crippen molar-refractivity contribution in [3.05, 3.63) is 57.7 Å². The van der Waals surface area contributed by atoms with Gasteiger partial charge in [-0.3, -0.25) is 9.59 Å². The van der Waals surface area contributed by atoms with E-state index in [0.717, 1.165) is 42.2 Å². The Kier molecular flexibility index (Phi) is 6.20. The molecule has 6 nitrogen and oxygen atoms in total. The van der Waals surface area contributed by atoms with E-state index >= 15 is 0 Å². The third-order valence-electron chi connectivity index (χ3n) is 4.32. The molecule has 2 amide bonds. The van der Waals surface area contributed by atoms with Gasteiger partial charge in [-0.25, -0.2) is 9.18 Å². The first kappa shape index (κ1) is 19.8. The van der Waals surface area contributed by atoms with E-state index in [9.17, 15) is 18.8 Å². The summed E-state index contributed by atoms with van der Waals surface area (Å²) in [6, 6.07) is 5.96. The van der Waals surface area contributed by atoms with E-state index in [-0.39, 0.29) is 5.56 Å². The molecule has 3 rings (SSSR count). The van der Waals surface area contributed by atoms with Gasteiger partial charge in [0.15, 0.2) is 6.61 Å². The van der Waals surface area contributed by atoms with Gasteiger partial charge in [-0.05, 0) is 43.4 Å². The Morgan fingerprint density at radius 1 is 1.21 bits per heavy atom. The minimum Gasteiger partial charge on any atom is -0.452 e. The number of nitrogens with two attached hydrogens (primary N) is 1. The van der Waals surface area contributed by atoms with E-state index < -0.39 is 30.2 Å². The van der Waals surface area contributed by atoms with Crippen LogP contribution in [0.2, 0.25) is 0 Å². The topological polar surface area (TPSA) is 98.5 Å². The van der Waals surface area contributed by atoms with Gasteiger partial charge in [-0.2, -0.15) is 0 Å². The third kappa shape index (κ3) is 4.64. The molecular weight excluding hydrogens is 383 g/mol. The van der Waals surface area contributed by atoms with Crippen LogP contribution in [0.4, 0.5) is 9.39 Å². The Hall–Kier alpha value is -3.00. The number of ether oxygens (including phenoxy) is 1. The number of nitrogens with one attached hydrogen (secondary N) is 1. The lowest BCUT2D eigenvalue weighted by Crippen LogP contribution is -2.22. The van der Waals surface area contributed by atoms with Crippen molar-refractivity contribution in [2.45, 2.75) is 25.7 Å². The Morgan fingerprint density at radius 3 is 2.71 bits per heavy atom. The number of fused-ring (bicyclic) bond motifs is 1. The van der Waals surface area contributed by atoms with Gasteiger partial charge in [0.05, 0.1) is 5.56 Å². The molecular formula is C20H19FN2O4S. The number of anilines is 1. The zero-order chi connectivity index (χ0) is 20.1. The fraction of sp³-hybridized carbons (Fsp3) is 0.250. The summed E-state index contributed by atoms with van der Waals surface area (Å²) in [5.41, 5.74) is 6.97. The third-order valence-corrected chi connectivity index (χ3v) is 5.53. The monoisotopic (exact) mass is 402 g/mol. The number of halogens is 1. The van der Waals surface area contributed by atoms with Crippen LogP contribution in [0.15, 0.2) is 30.3 Å². The number of hydrogen-bond donors (Lipinski definition) is 2. The summed E-state index contributed by atoms with van der Waals surface area (Å²) < 4.78 is 18.4. The molecule has 0 radical (unpaired) electrons. The van der Waals surface area contributed by atoms with Crippen LogP contribution in [-0.4, -0.2) is 24.4 Å². The summed E-state index contributed by atoms with van der Waals surface area (Å²) in [6.45, 7) is -0.527. The number of carbonyl (C=O) groups is 3. The van der Waals surface area contributed by atoms with Gasteiger partial charge < -0.3 is 15.8 Å². The maximum Gasteiger partial charge on any atom is 0.331 e. The molecule has 2 aromatic rings. The summed E-state index contributed by atoms with van der Waals surface area (Å²) >= 11 is 1.33. The van der Waals surface area contributed by atoms with Gasteiger partial charge in [0.1, 0.15) is 10.8 Å². The molecule has 0 spiro atoms. The highest BCUT2D eigenvalue weighted by molar-refractivity contribution is 7.17. The second-order valence-corrected chi connectivity index (χ2v) is 7.40. The molecule has 0 atom stereocenters. The Bertz CT molecular complexity index is 952. The fourth-order valence-electron chi connectivity index (χ4n) is 3.03. The van der Waals surface area contributed by atoms with E-state index in [1.807, 2.05) is 0 Å². The van der Waals surface area contributed by atoms with Crippen LogP contribution in [-0.2, 0) is 27.2 Å². The first-order valence-corrected chi connectivity index (χ1v) is 9.61. The van der Waals surface area contributed by atoms with Crippen molar-refractivity contribution in [3.63, 3.8) is 0 Å². The smallest absolute Gasteiger partial charge is 0.331 e. The maximum atomic E-state index is 13.5. The van der Waals surface area contributed by atoms with Gasteiger partial charge in [0, 0.05) is 16.5 Å². The largest absolute Gasteiger partial charge is 0.452 e. The Labute approximate surface area is 165 Å². The second-order valence-electron chi connectivity index (χ2n) is 6.29.